The van der Waals surface area contributed by atoms with Gasteiger partial charge in [0.2, 0.25) is 6.43 Å². The molecular weight excluding hydrogens is 315 g/mol. The minimum absolute atomic E-state index is 0.0189. The molecule has 1 rings (SSSR count). The summed E-state index contributed by atoms with van der Waals surface area (Å²) in [7, 11) is 1.59. The van der Waals surface area contributed by atoms with E-state index in [4.69, 9.17) is 16.3 Å². The molecule has 126 valence electrons. The summed E-state index contributed by atoms with van der Waals surface area (Å²) in [5.41, 5.74) is 0.261. The van der Waals surface area contributed by atoms with E-state index in [-0.39, 0.29) is 23.2 Å². The predicted molar refractivity (Wildman–Crippen MR) is 83.3 cm³/mol. The third-order valence-corrected chi connectivity index (χ3v) is 3.89. The van der Waals surface area contributed by atoms with Gasteiger partial charge in [-0.25, -0.2) is 13.2 Å². The highest BCUT2D eigenvalue weighted by molar-refractivity contribution is 6.31. The van der Waals surface area contributed by atoms with Gasteiger partial charge in [0.05, 0.1) is 12.5 Å². The second kappa shape index (κ2) is 10.1. The van der Waals surface area contributed by atoms with Crippen LogP contribution in [-0.4, -0.2) is 32.7 Å². The Morgan fingerprint density at radius 1 is 1.32 bits per heavy atom. The van der Waals surface area contributed by atoms with E-state index in [1.165, 1.54) is 6.07 Å². The summed E-state index contributed by atoms with van der Waals surface area (Å²) in [6.07, 6.45) is 0.309. The van der Waals surface area contributed by atoms with Gasteiger partial charge in [-0.05, 0) is 24.1 Å². The normalized spacial score (nSPS) is 14.3. The molecule has 0 radical (unpaired) electrons. The second-order valence-corrected chi connectivity index (χ2v) is 5.72. The van der Waals surface area contributed by atoms with Crippen molar-refractivity contribution in [3.63, 3.8) is 0 Å². The van der Waals surface area contributed by atoms with Gasteiger partial charge >= 0.3 is 0 Å². The zero-order valence-corrected chi connectivity index (χ0v) is 13.7. The van der Waals surface area contributed by atoms with E-state index >= 15 is 0 Å². The fraction of sp³-hybridized carbons (Fsp3) is 0.625. The van der Waals surface area contributed by atoms with Crippen LogP contribution >= 0.6 is 11.6 Å². The average molecular weight is 338 g/mol. The molecule has 1 aromatic rings. The standard InChI is InChI=1S/C16H23ClF3NO/c1-3-4-5-12(10-22-2)21-9-14(16(19)20)13-7-6-11(18)8-15(13)17/h6-8,12,14,16,21H,3-5,9-10H2,1-2H3. The van der Waals surface area contributed by atoms with Crippen molar-refractivity contribution < 1.29 is 17.9 Å². The summed E-state index contributed by atoms with van der Waals surface area (Å²) in [6, 6.07) is 3.56. The van der Waals surface area contributed by atoms with Gasteiger partial charge in [-0.1, -0.05) is 37.4 Å². The van der Waals surface area contributed by atoms with E-state index < -0.39 is 18.2 Å². The molecule has 0 aliphatic carbocycles. The van der Waals surface area contributed by atoms with Gasteiger partial charge in [-0.15, -0.1) is 0 Å². The van der Waals surface area contributed by atoms with Gasteiger partial charge in [0.25, 0.3) is 0 Å². The fourth-order valence-electron chi connectivity index (χ4n) is 2.33. The third kappa shape index (κ3) is 6.15. The number of benzene rings is 1. The van der Waals surface area contributed by atoms with Crippen molar-refractivity contribution in [2.75, 3.05) is 20.3 Å². The van der Waals surface area contributed by atoms with Gasteiger partial charge in [0.15, 0.2) is 0 Å². The number of nitrogens with one attached hydrogen (secondary N) is 1. The largest absolute Gasteiger partial charge is 0.383 e. The molecule has 0 aromatic heterocycles. The maximum atomic E-state index is 13.3. The highest BCUT2D eigenvalue weighted by atomic mass is 35.5. The van der Waals surface area contributed by atoms with Gasteiger partial charge in [0.1, 0.15) is 5.82 Å². The van der Waals surface area contributed by atoms with Gasteiger partial charge < -0.3 is 10.1 Å². The lowest BCUT2D eigenvalue weighted by molar-refractivity contribution is 0.105. The highest BCUT2D eigenvalue weighted by Gasteiger charge is 2.25. The maximum absolute atomic E-state index is 13.3. The number of unbranched alkanes of at least 4 members (excludes halogenated alkanes) is 1. The van der Waals surface area contributed by atoms with Crippen LogP contribution in [0.3, 0.4) is 0 Å². The molecule has 0 saturated heterocycles. The van der Waals surface area contributed by atoms with Crippen LogP contribution in [0, 0.1) is 5.82 Å². The zero-order chi connectivity index (χ0) is 16.5. The second-order valence-electron chi connectivity index (χ2n) is 5.31. The average Bonchev–Trinajstić information content (AvgIpc) is 2.46. The van der Waals surface area contributed by atoms with Crippen molar-refractivity contribution in [2.45, 2.75) is 44.6 Å². The van der Waals surface area contributed by atoms with Crippen LogP contribution in [0.1, 0.15) is 37.7 Å². The highest BCUT2D eigenvalue weighted by Crippen LogP contribution is 2.29. The molecule has 0 aliphatic heterocycles. The monoisotopic (exact) mass is 337 g/mol. The van der Waals surface area contributed by atoms with E-state index in [0.29, 0.717) is 6.61 Å². The lowest BCUT2D eigenvalue weighted by Crippen LogP contribution is -2.37. The van der Waals surface area contributed by atoms with E-state index in [2.05, 4.69) is 12.2 Å². The number of rotatable bonds is 10. The molecule has 2 atom stereocenters. The minimum Gasteiger partial charge on any atom is -0.383 e. The van der Waals surface area contributed by atoms with E-state index in [0.717, 1.165) is 31.4 Å². The summed E-state index contributed by atoms with van der Waals surface area (Å²) >= 11 is 5.90. The van der Waals surface area contributed by atoms with E-state index in [1.807, 2.05) is 0 Å². The molecule has 2 nitrogen and oxygen atoms in total. The molecule has 0 spiro atoms. The summed E-state index contributed by atoms with van der Waals surface area (Å²) < 4.78 is 44.8. The van der Waals surface area contributed by atoms with Crippen LogP contribution in [0.25, 0.3) is 0 Å². The molecule has 1 aromatic carbocycles. The van der Waals surface area contributed by atoms with Crippen molar-refractivity contribution in [2.24, 2.45) is 0 Å². The van der Waals surface area contributed by atoms with Crippen molar-refractivity contribution in [3.8, 4) is 0 Å². The van der Waals surface area contributed by atoms with E-state index in [9.17, 15) is 13.2 Å². The van der Waals surface area contributed by atoms with Crippen LogP contribution in [-0.2, 0) is 4.74 Å². The molecule has 6 heteroatoms. The first-order valence-corrected chi connectivity index (χ1v) is 7.82. The lowest BCUT2D eigenvalue weighted by Gasteiger charge is -2.23. The predicted octanol–water partition coefficient (Wildman–Crippen LogP) is 4.62. The summed E-state index contributed by atoms with van der Waals surface area (Å²) in [5, 5.41) is 3.15. The van der Waals surface area contributed by atoms with Crippen LogP contribution < -0.4 is 5.32 Å². The fourth-order valence-corrected chi connectivity index (χ4v) is 2.63. The molecule has 0 heterocycles. The summed E-state index contributed by atoms with van der Waals surface area (Å²) in [5.74, 6) is -1.61. The number of ether oxygens (including phenoxy) is 1. The summed E-state index contributed by atoms with van der Waals surface area (Å²) in [6.45, 7) is 2.61. The Labute approximate surface area is 135 Å². The maximum Gasteiger partial charge on any atom is 0.246 e. The number of hydrogen-bond acceptors (Lipinski definition) is 2. The molecule has 0 aliphatic rings. The molecule has 0 saturated carbocycles. The molecule has 22 heavy (non-hydrogen) atoms. The summed E-state index contributed by atoms with van der Waals surface area (Å²) in [4.78, 5) is 0. The van der Waals surface area contributed by atoms with Crippen LogP contribution in [0.5, 0.6) is 0 Å². The van der Waals surface area contributed by atoms with Gasteiger partial charge in [-0.3, -0.25) is 0 Å². The lowest BCUT2D eigenvalue weighted by atomic mass is 9.98. The van der Waals surface area contributed by atoms with Crippen LogP contribution in [0.15, 0.2) is 18.2 Å². The molecule has 0 fully saturated rings. The molecule has 1 N–H and O–H groups in total. The number of alkyl halides is 2. The van der Waals surface area contributed by atoms with Crippen LogP contribution in [0.4, 0.5) is 13.2 Å². The third-order valence-electron chi connectivity index (χ3n) is 3.57. The first kappa shape index (κ1) is 19.3. The van der Waals surface area contributed by atoms with Gasteiger partial charge in [-0.2, -0.15) is 0 Å². The smallest absolute Gasteiger partial charge is 0.246 e. The Morgan fingerprint density at radius 2 is 2.05 bits per heavy atom. The Kier molecular flexibility index (Phi) is 8.83. The Hall–Kier alpha value is -0.780. The number of hydrogen-bond donors (Lipinski definition) is 1. The van der Waals surface area contributed by atoms with Crippen molar-refractivity contribution >= 4 is 11.6 Å². The Bertz CT molecular complexity index is 445. The molecule has 2 unspecified atom stereocenters. The van der Waals surface area contributed by atoms with Gasteiger partial charge in [0, 0.05) is 24.7 Å². The van der Waals surface area contributed by atoms with Crippen molar-refractivity contribution in [1.82, 2.24) is 5.32 Å². The molecule has 0 amide bonds. The Morgan fingerprint density at radius 3 is 2.59 bits per heavy atom. The molecular formula is C16H23ClF3NO. The first-order chi connectivity index (χ1) is 10.5. The topological polar surface area (TPSA) is 21.3 Å². The van der Waals surface area contributed by atoms with E-state index in [1.54, 1.807) is 7.11 Å². The van der Waals surface area contributed by atoms with Crippen LogP contribution in [0.2, 0.25) is 5.02 Å². The minimum atomic E-state index is -2.58. The first-order valence-electron chi connectivity index (χ1n) is 7.45. The zero-order valence-electron chi connectivity index (χ0n) is 12.9. The molecule has 0 bridgehead atoms. The Balaban J connectivity index is 2.74. The van der Waals surface area contributed by atoms with Crippen molar-refractivity contribution in [1.29, 1.82) is 0 Å². The quantitative estimate of drug-likeness (QED) is 0.672. The van der Waals surface area contributed by atoms with Crippen molar-refractivity contribution in [3.05, 3.63) is 34.6 Å². The number of halogens is 4. The SMILES string of the molecule is CCCCC(COC)NCC(c1ccc(F)cc1Cl)C(F)F. The number of methoxy groups -OCH3 is 1.